The van der Waals surface area contributed by atoms with Crippen molar-refractivity contribution in [1.29, 1.82) is 0 Å². The van der Waals surface area contributed by atoms with Crippen molar-refractivity contribution in [2.24, 2.45) is 0 Å². The fourth-order valence-corrected chi connectivity index (χ4v) is 2.02. The predicted molar refractivity (Wildman–Crippen MR) is 69.5 cm³/mol. The van der Waals surface area contributed by atoms with Gasteiger partial charge in [-0.25, -0.2) is 0 Å². The minimum Gasteiger partial charge on any atom is -0.312 e. The maximum atomic E-state index is 5.60. The van der Waals surface area contributed by atoms with Gasteiger partial charge in [-0.05, 0) is 19.3 Å². The largest absolute Gasteiger partial charge is 2.00 e. The van der Waals surface area contributed by atoms with Crippen LogP contribution in [0.2, 0.25) is 0 Å². The van der Waals surface area contributed by atoms with E-state index in [1.807, 2.05) is 0 Å². The molecule has 0 bridgehead atoms. The smallest absolute Gasteiger partial charge is 0.312 e. The average molecular weight is 357 g/mol. The second kappa shape index (κ2) is 17.0. The Labute approximate surface area is 122 Å². The Kier molecular flexibility index (Phi) is 20.3. The molecule has 5 heteroatoms. The molecule has 0 N–H and O–H groups in total. The van der Waals surface area contributed by atoms with Crippen LogP contribution in [0.5, 0.6) is 0 Å². The molecular formula is C12H27O3PPd+2. The summed E-state index contributed by atoms with van der Waals surface area (Å²) in [7, 11) is -1.10. The molecule has 0 aliphatic rings. The van der Waals surface area contributed by atoms with Crippen LogP contribution >= 0.6 is 8.60 Å². The molecule has 17 heavy (non-hydrogen) atoms. The molecule has 0 aliphatic carbocycles. The summed E-state index contributed by atoms with van der Waals surface area (Å²) in [5, 5.41) is 0. The third kappa shape index (κ3) is 14.9. The Morgan fingerprint density at radius 1 is 0.647 bits per heavy atom. The maximum absolute atomic E-state index is 5.60. The van der Waals surface area contributed by atoms with Gasteiger partial charge in [0.1, 0.15) is 0 Å². The van der Waals surface area contributed by atoms with Crippen molar-refractivity contribution in [3.8, 4) is 0 Å². The summed E-state index contributed by atoms with van der Waals surface area (Å²) in [5.74, 6) is 0. The fraction of sp³-hybridized carbons (Fsp3) is 1.00. The SMILES string of the molecule is CCCCOP(OCCCC)OCCCC.[Pd+2]. The standard InChI is InChI=1S/C12H27O3P.Pd/c1-4-7-10-13-16(14-11-8-5-2)15-12-9-6-3;/h4-12H2,1-3H3;/q;+2. The van der Waals surface area contributed by atoms with Gasteiger partial charge in [0.25, 0.3) is 0 Å². The van der Waals surface area contributed by atoms with Crippen molar-refractivity contribution in [1.82, 2.24) is 0 Å². The van der Waals surface area contributed by atoms with Gasteiger partial charge in [0.05, 0.1) is 19.8 Å². The zero-order valence-corrected chi connectivity index (χ0v) is 13.8. The second-order valence-corrected chi connectivity index (χ2v) is 5.01. The van der Waals surface area contributed by atoms with Crippen molar-refractivity contribution in [3.63, 3.8) is 0 Å². The third-order valence-electron chi connectivity index (χ3n) is 2.08. The molecule has 0 unspecified atom stereocenters. The van der Waals surface area contributed by atoms with Crippen molar-refractivity contribution < 1.29 is 34.0 Å². The molecule has 0 rings (SSSR count). The van der Waals surface area contributed by atoms with Crippen LogP contribution in [0.4, 0.5) is 0 Å². The Balaban J connectivity index is 0. The first-order valence-corrected chi connectivity index (χ1v) is 7.63. The van der Waals surface area contributed by atoms with Gasteiger partial charge in [-0.15, -0.1) is 0 Å². The van der Waals surface area contributed by atoms with E-state index in [1.165, 1.54) is 0 Å². The first-order chi connectivity index (χ1) is 7.85. The maximum Gasteiger partial charge on any atom is 2.00 e. The van der Waals surface area contributed by atoms with Gasteiger partial charge >= 0.3 is 29.0 Å². The number of unbranched alkanes of at least 4 members (excludes halogenated alkanes) is 3. The summed E-state index contributed by atoms with van der Waals surface area (Å²) < 4.78 is 16.8. The normalized spacial score (nSPS) is 10.6. The number of hydrogen-bond acceptors (Lipinski definition) is 3. The first kappa shape index (κ1) is 20.3. The molecule has 0 saturated carbocycles. The van der Waals surface area contributed by atoms with Gasteiger partial charge in [0.15, 0.2) is 0 Å². The monoisotopic (exact) mass is 356 g/mol. The van der Waals surface area contributed by atoms with E-state index in [-0.39, 0.29) is 20.4 Å². The van der Waals surface area contributed by atoms with Crippen molar-refractivity contribution >= 4 is 8.60 Å². The van der Waals surface area contributed by atoms with E-state index in [4.69, 9.17) is 13.6 Å². The van der Waals surface area contributed by atoms with E-state index in [9.17, 15) is 0 Å². The Morgan fingerprint density at radius 2 is 0.941 bits per heavy atom. The molecule has 0 amide bonds. The molecule has 0 aromatic heterocycles. The summed E-state index contributed by atoms with van der Waals surface area (Å²) in [4.78, 5) is 0. The summed E-state index contributed by atoms with van der Waals surface area (Å²) in [5.41, 5.74) is 0. The van der Waals surface area contributed by atoms with Crippen LogP contribution < -0.4 is 0 Å². The molecule has 0 spiro atoms. The Hall–Kier alpha value is 0.972. The third-order valence-corrected chi connectivity index (χ3v) is 3.26. The molecule has 0 atom stereocenters. The minimum atomic E-state index is -1.10. The van der Waals surface area contributed by atoms with Crippen LogP contribution in [0.3, 0.4) is 0 Å². The Morgan fingerprint density at radius 3 is 1.18 bits per heavy atom. The first-order valence-electron chi connectivity index (χ1n) is 6.54. The van der Waals surface area contributed by atoms with Crippen LogP contribution in [-0.4, -0.2) is 19.8 Å². The van der Waals surface area contributed by atoms with Gasteiger partial charge in [0, 0.05) is 0 Å². The molecule has 0 fully saturated rings. The topological polar surface area (TPSA) is 27.7 Å². The summed E-state index contributed by atoms with van der Waals surface area (Å²) >= 11 is 0. The second-order valence-electron chi connectivity index (χ2n) is 3.78. The van der Waals surface area contributed by atoms with Gasteiger partial charge in [-0.2, -0.15) is 0 Å². The number of hydrogen-bond donors (Lipinski definition) is 0. The van der Waals surface area contributed by atoms with Crippen LogP contribution in [0, 0.1) is 0 Å². The van der Waals surface area contributed by atoms with E-state index in [0.29, 0.717) is 0 Å². The van der Waals surface area contributed by atoms with E-state index in [0.717, 1.165) is 58.3 Å². The average Bonchev–Trinajstić information content (AvgIpc) is 2.29. The van der Waals surface area contributed by atoms with Crippen molar-refractivity contribution in [2.45, 2.75) is 59.3 Å². The van der Waals surface area contributed by atoms with Crippen LogP contribution in [0.15, 0.2) is 0 Å². The summed E-state index contributed by atoms with van der Waals surface area (Å²) in [6.07, 6.45) is 6.67. The molecule has 0 radical (unpaired) electrons. The summed E-state index contributed by atoms with van der Waals surface area (Å²) in [6, 6.07) is 0. The van der Waals surface area contributed by atoms with E-state index >= 15 is 0 Å². The van der Waals surface area contributed by atoms with Crippen molar-refractivity contribution in [3.05, 3.63) is 0 Å². The predicted octanol–water partition coefficient (Wildman–Crippen LogP) is 4.66. The van der Waals surface area contributed by atoms with Crippen molar-refractivity contribution in [2.75, 3.05) is 19.8 Å². The quantitative estimate of drug-likeness (QED) is 0.289. The summed E-state index contributed by atoms with van der Waals surface area (Å²) in [6.45, 7) is 8.71. The zero-order valence-electron chi connectivity index (χ0n) is 11.4. The molecule has 106 valence electrons. The molecular weight excluding hydrogens is 330 g/mol. The van der Waals surface area contributed by atoms with Gasteiger partial charge in [0.2, 0.25) is 0 Å². The Bertz CT molecular complexity index is 115. The molecule has 0 aromatic rings. The molecule has 0 saturated heterocycles. The fourth-order valence-electron chi connectivity index (χ4n) is 0.962. The van der Waals surface area contributed by atoms with Gasteiger partial charge < -0.3 is 13.6 Å². The van der Waals surface area contributed by atoms with Crippen LogP contribution in [0.25, 0.3) is 0 Å². The van der Waals surface area contributed by atoms with Gasteiger partial charge in [-0.1, -0.05) is 40.0 Å². The molecule has 0 aliphatic heterocycles. The van der Waals surface area contributed by atoms with E-state index in [1.54, 1.807) is 0 Å². The van der Waals surface area contributed by atoms with E-state index < -0.39 is 8.60 Å². The van der Waals surface area contributed by atoms with E-state index in [2.05, 4.69) is 20.8 Å². The minimum absolute atomic E-state index is 0. The number of rotatable bonds is 12. The van der Waals surface area contributed by atoms with Crippen LogP contribution in [0.1, 0.15) is 59.3 Å². The molecule has 0 heterocycles. The molecule has 3 nitrogen and oxygen atoms in total. The van der Waals surface area contributed by atoms with Gasteiger partial charge in [-0.3, -0.25) is 0 Å². The zero-order chi connectivity index (χ0) is 12.1. The molecule has 0 aromatic carbocycles. The van der Waals surface area contributed by atoms with Crippen LogP contribution in [-0.2, 0) is 34.0 Å².